The third kappa shape index (κ3) is 9.09. The Morgan fingerprint density at radius 3 is 2.54 bits per heavy atom. The number of ether oxygens (including phenoxy) is 1. The zero-order chi connectivity index (χ0) is 10.3. The SMILES string of the molecule is CCCCOC(=O)NNS(C)(=O)=O. The van der Waals surface area contributed by atoms with Gasteiger partial charge in [0, 0.05) is 0 Å². The van der Waals surface area contributed by atoms with E-state index < -0.39 is 16.1 Å². The van der Waals surface area contributed by atoms with E-state index in [-0.39, 0.29) is 6.61 Å². The van der Waals surface area contributed by atoms with E-state index in [1.54, 1.807) is 4.83 Å². The van der Waals surface area contributed by atoms with E-state index in [9.17, 15) is 13.2 Å². The molecule has 2 N–H and O–H groups in total. The zero-order valence-corrected chi connectivity index (χ0v) is 8.48. The molecule has 0 aliphatic heterocycles. The minimum atomic E-state index is -3.41. The summed E-state index contributed by atoms with van der Waals surface area (Å²) in [7, 11) is -3.41. The Hall–Kier alpha value is -0.820. The van der Waals surface area contributed by atoms with Crippen molar-refractivity contribution in [2.24, 2.45) is 0 Å². The van der Waals surface area contributed by atoms with Crippen molar-refractivity contribution in [1.82, 2.24) is 10.3 Å². The summed E-state index contributed by atoms with van der Waals surface area (Å²) in [4.78, 5) is 12.5. The number of rotatable bonds is 5. The van der Waals surface area contributed by atoms with Gasteiger partial charge in [0.05, 0.1) is 12.9 Å². The average Bonchev–Trinajstić information content (AvgIpc) is 2.00. The van der Waals surface area contributed by atoms with Gasteiger partial charge in [0.1, 0.15) is 0 Å². The Morgan fingerprint density at radius 1 is 1.46 bits per heavy atom. The average molecular weight is 210 g/mol. The standard InChI is InChI=1S/C6H14N2O4S/c1-3-4-5-12-6(9)7-8-13(2,10)11/h8H,3-5H2,1-2H3,(H,7,9). The van der Waals surface area contributed by atoms with Crippen LogP contribution >= 0.6 is 0 Å². The molecule has 78 valence electrons. The lowest BCUT2D eigenvalue weighted by molar-refractivity contribution is 0.142. The highest BCUT2D eigenvalue weighted by molar-refractivity contribution is 7.88. The van der Waals surface area contributed by atoms with Gasteiger partial charge >= 0.3 is 6.09 Å². The van der Waals surface area contributed by atoms with Crippen LogP contribution in [0.4, 0.5) is 4.79 Å². The molecule has 7 heteroatoms. The summed E-state index contributed by atoms with van der Waals surface area (Å²) in [5.74, 6) is 0. The molecule has 0 atom stereocenters. The predicted octanol–water partition coefficient (Wildman–Crippen LogP) is -0.0231. The maximum atomic E-state index is 10.7. The molecule has 0 heterocycles. The lowest BCUT2D eigenvalue weighted by Gasteiger charge is -2.05. The molecule has 0 saturated carbocycles. The topological polar surface area (TPSA) is 84.5 Å². The Kier molecular flexibility index (Phi) is 5.40. The molecule has 0 fully saturated rings. The Labute approximate surface area is 77.7 Å². The first-order chi connectivity index (χ1) is 5.95. The minimum absolute atomic E-state index is 0.285. The van der Waals surface area contributed by atoms with Gasteiger partial charge in [0.15, 0.2) is 0 Å². The number of amides is 1. The molecule has 0 radical (unpaired) electrons. The molecular formula is C6H14N2O4S. The second kappa shape index (κ2) is 5.76. The fourth-order valence-electron chi connectivity index (χ4n) is 0.480. The van der Waals surface area contributed by atoms with Gasteiger partial charge in [-0.15, -0.1) is 4.83 Å². The number of unbranched alkanes of at least 4 members (excludes halogenated alkanes) is 1. The number of hydrogen-bond acceptors (Lipinski definition) is 4. The van der Waals surface area contributed by atoms with Crippen LogP contribution in [0.1, 0.15) is 19.8 Å². The first-order valence-electron chi connectivity index (χ1n) is 3.85. The van der Waals surface area contributed by atoms with Crippen LogP contribution in [0.5, 0.6) is 0 Å². The second-order valence-corrected chi connectivity index (χ2v) is 4.24. The van der Waals surface area contributed by atoms with Crippen molar-refractivity contribution >= 4 is 16.1 Å². The number of carbonyl (C=O) groups excluding carboxylic acids is 1. The van der Waals surface area contributed by atoms with Crippen LogP contribution in [0.2, 0.25) is 0 Å². The van der Waals surface area contributed by atoms with Gasteiger partial charge in [-0.2, -0.15) is 0 Å². The van der Waals surface area contributed by atoms with Crippen LogP contribution in [0.3, 0.4) is 0 Å². The van der Waals surface area contributed by atoms with Crippen LogP contribution in [0.15, 0.2) is 0 Å². The monoisotopic (exact) mass is 210 g/mol. The quantitative estimate of drug-likeness (QED) is 0.493. The van der Waals surface area contributed by atoms with Crippen molar-refractivity contribution in [3.05, 3.63) is 0 Å². The molecule has 0 aromatic rings. The van der Waals surface area contributed by atoms with Crippen LogP contribution < -0.4 is 10.3 Å². The summed E-state index contributed by atoms with van der Waals surface area (Å²) in [5, 5.41) is 0. The van der Waals surface area contributed by atoms with E-state index in [0.29, 0.717) is 0 Å². The first kappa shape index (κ1) is 12.2. The van der Waals surface area contributed by atoms with E-state index in [4.69, 9.17) is 0 Å². The number of nitrogens with one attached hydrogen (secondary N) is 2. The summed E-state index contributed by atoms with van der Waals surface area (Å²) in [6, 6.07) is 0. The van der Waals surface area contributed by atoms with Crippen molar-refractivity contribution in [3.8, 4) is 0 Å². The number of sulfonamides is 1. The van der Waals surface area contributed by atoms with Gasteiger partial charge in [-0.1, -0.05) is 13.3 Å². The molecule has 0 aromatic heterocycles. The van der Waals surface area contributed by atoms with E-state index >= 15 is 0 Å². The molecule has 0 aliphatic carbocycles. The number of hydrogen-bond donors (Lipinski definition) is 2. The molecule has 0 bridgehead atoms. The highest BCUT2D eigenvalue weighted by atomic mass is 32.2. The Balaban J connectivity index is 3.53. The summed E-state index contributed by atoms with van der Waals surface area (Å²) in [6.07, 6.45) is 1.80. The second-order valence-electron chi connectivity index (χ2n) is 2.49. The van der Waals surface area contributed by atoms with E-state index in [0.717, 1.165) is 19.1 Å². The third-order valence-electron chi connectivity index (χ3n) is 1.07. The molecule has 13 heavy (non-hydrogen) atoms. The predicted molar refractivity (Wildman–Crippen MR) is 47.4 cm³/mol. The van der Waals surface area contributed by atoms with Gasteiger partial charge in [-0.25, -0.2) is 18.6 Å². The van der Waals surface area contributed by atoms with Gasteiger partial charge < -0.3 is 4.74 Å². The van der Waals surface area contributed by atoms with E-state index in [1.165, 1.54) is 0 Å². The molecule has 0 aliphatic rings. The maximum absolute atomic E-state index is 10.7. The third-order valence-corrected chi connectivity index (χ3v) is 1.54. The van der Waals surface area contributed by atoms with Crippen molar-refractivity contribution in [1.29, 1.82) is 0 Å². The van der Waals surface area contributed by atoms with Gasteiger partial charge in [0.2, 0.25) is 10.0 Å². The fraction of sp³-hybridized carbons (Fsp3) is 0.833. The van der Waals surface area contributed by atoms with Gasteiger partial charge in [-0.3, -0.25) is 0 Å². The highest BCUT2D eigenvalue weighted by Crippen LogP contribution is 1.87. The minimum Gasteiger partial charge on any atom is -0.449 e. The summed E-state index contributed by atoms with van der Waals surface area (Å²) < 4.78 is 25.6. The summed E-state index contributed by atoms with van der Waals surface area (Å²) >= 11 is 0. The molecule has 0 aromatic carbocycles. The molecule has 1 amide bonds. The van der Waals surface area contributed by atoms with E-state index in [2.05, 4.69) is 4.74 Å². The van der Waals surface area contributed by atoms with Crippen LogP contribution in [-0.2, 0) is 14.8 Å². The van der Waals surface area contributed by atoms with Crippen LogP contribution in [0, 0.1) is 0 Å². The molecule has 0 spiro atoms. The normalized spacial score (nSPS) is 10.9. The lowest BCUT2D eigenvalue weighted by atomic mass is 10.4. The Bertz CT molecular complexity index is 249. The van der Waals surface area contributed by atoms with Crippen molar-refractivity contribution < 1.29 is 17.9 Å². The number of carbonyl (C=O) groups is 1. The van der Waals surface area contributed by atoms with Crippen LogP contribution in [0.25, 0.3) is 0 Å². The number of hydrazine groups is 1. The highest BCUT2D eigenvalue weighted by Gasteiger charge is 2.04. The largest absolute Gasteiger partial charge is 0.449 e. The first-order valence-corrected chi connectivity index (χ1v) is 5.74. The van der Waals surface area contributed by atoms with Crippen LogP contribution in [-0.4, -0.2) is 27.4 Å². The maximum Gasteiger partial charge on any atom is 0.422 e. The summed E-state index contributed by atoms with van der Waals surface area (Å²) in [6.45, 7) is 2.24. The zero-order valence-electron chi connectivity index (χ0n) is 7.66. The summed E-state index contributed by atoms with van der Waals surface area (Å²) in [5.41, 5.74) is 1.88. The van der Waals surface area contributed by atoms with Crippen molar-refractivity contribution in [3.63, 3.8) is 0 Å². The van der Waals surface area contributed by atoms with Crippen molar-refractivity contribution in [2.45, 2.75) is 19.8 Å². The fourth-order valence-corrected chi connectivity index (χ4v) is 0.748. The molecule has 0 unspecified atom stereocenters. The molecular weight excluding hydrogens is 196 g/mol. The molecule has 0 saturated heterocycles. The van der Waals surface area contributed by atoms with Gasteiger partial charge in [-0.05, 0) is 6.42 Å². The smallest absolute Gasteiger partial charge is 0.422 e. The van der Waals surface area contributed by atoms with E-state index in [1.807, 2.05) is 12.3 Å². The van der Waals surface area contributed by atoms with Crippen molar-refractivity contribution in [2.75, 3.05) is 12.9 Å². The molecule has 6 nitrogen and oxygen atoms in total. The van der Waals surface area contributed by atoms with Gasteiger partial charge in [0.25, 0.3) is 0 Å². The Morgan fingerprint density at radius 2 is 2.08 bits per heavy atom. The lowest BCUT2D eigenvalue weighted by Crippen LogP contribution is -2.41. The molecule has 0 rings (SSSR count).